The highest BCUT2D eigenvalue weighted by molar-refractivity contribution is 7.17. The van der Waals surface area contributed by atoms with Crippen molar-refractivity contribution in [1.82, 2.24) is 0 Å². The SMILES string of the molecule is CCc1cc(C(=O)O)c(NC(=O)c2sccc2Cl)s1. The topological polar surface area (TPSA) is 66.4 Å². The van der Waals surface area contributed by atoms with Gasteiger partial charge in [-0.3, -0.25) is 4.79 Å². The molecule has 0 saturated heterocycles. The molecule has 0 bridgehead atoms. The molecule has 0 atom stereocenters. The number of aromatic carboxylic acids is 1. The molecule has 0 spiro atoms. The van der Waals surface area contributed by atoms with Crippen LogP contribution in [0.5, 0.6) is 0 Å². The van der Waals surface area contributed by atoms with Crippen molar-refractivity contribution < 1.29 is 14.7 Å². The summed E-state index contributed by atoms with van der Waals surface area (Å²) in [6.45, 7) is 1.93. The van der Waals surface area contributed by atoms with Crippen molar-refractivity contribution in [3.8, 4) is 0 Å². The molecular formula is C12H10ClNO3S2. The van der Waals surface area contributed by atoms with Gasteiger partial charge in [0.1, 0.15) is 9.88 Å². The van der Waals surface area contributed by atoms with Gasteiger partial charge in [-0.15, -0.1) is 22.7 Å². The van der Waals surface area contributed by atoms with Crippen LogP contribution >= 0.6 is 34.3 Å². The van der Waals surface area contributed by atoms with Crippen LogP contribution in [0.25, 0.3) is 0 Å². The molecule has 0 unspecified atom stereocenters. The van der Waals surface area contributed by atoms with Gasteiger partial charge in [0.25, 0.3) is 5.91 Å². The van der Waals surface area contributed by atoms with Crippen molar-refractivity contribution in [3.63, 3.8) is 0 Å². The molecule has 0 radical (unpaired) electrons. The lowest BCUT2D eigenvalue weighted by Gasteiger charge is -2.02. The number of nitrogens with one attached hydrogen (secondary N) is 1. The number of carbonyl (C=O) groups excluding carboxylic acids is 1. The Morgan fingerprint density at radius 1 is 1.47 bits per heavy atom. The lowest BCUT2D eigenvalue weighted by Crippen LogP contribution is -2.12. The van der Waals surface area contributed by atoms with Gasteiger partial charge in [0.05, 0.1) is 10.6 Å². The predicted octanol–water partition coefficient (Wildman–Crippen LogP) is 3.98. The largest absolute Gasteiger partial charge is 0.478 e. The quantitative estimate of drug-likeness (QED) is 0.897. The first-order valence-corrected chi connectivity index (χ1v) is 7.50. The maximum Gasteiger partial charge on any atom is 0.338 e. The molecule has 0 saturated carbocycles. The summed E-state index contributed by atoms with van der Waals surface area (Å²) in [6.07, 6.45) is 0.723. The van der Waals surface area contributed by atoms with Crippen molar-refractivity contribution in [2.75, 3.05) is 5.32 Å². The second-order valence-electron chi connectivity index (χ2n) is 3.67. The minimum atomic E-state index is -1.05. The lowest BCUT2D eigenvalue weighted by atomic mass is 10.2. The summed E-state index contributed by atoms with van der Waals surface area (Å²) in [5, 5.41) is 14.1. The molecule has 0 aliphatic heterocycles. The number of carboxylic acids is 1. The number of halogens is 1. The second-order valence-corrected chi connectivity index (χ2v) is 6.13. The molecule has 2 aromatic heterocycles. The zero-order valence-corrected chi connectivity index (χ0v) is 12.3. The van der Waals surface area contributed by atoms with Gasteiger partial charge < -0.3 is 10.4 Å². The van der Waals surface area contributed by atoms with Crippen LogP contribution in [0.3, 0.4) is 0 Å². The zero-order chi connectivity index (χ0) is 14.0. The molecular weight excluding hydrogens is 306 g/mol. The maximum absolute atomic E-state index is 12.0. The Hall–Kier alpha value is -1.37. The first-order valence-electron chi connectivity index (χ1n) is 5.43. The van der Waals surface area contributed by atoms with Crippen LogP contribution < -0.4 is 5.32 Å². The Balaban J connectivity index is 2.28. The van der Waals surface area contributed by atoms with E-state index in [1.165, 1.54) is 22.7 Å². The van der Waals surface area contributed by atoms with Crippen LogP contribution in [0, 0.1) is 0 Å². The number of carboxylic acid groups (broad SMARTS) is 1. The van der Waals surface area contributed by atoms with Gasteiger partial charge in [-0.05, 0) is 23.9 Å². The highest BCUT2D eigenvalue weighted by Gasteiger charge is 2.19. The van der Waals surface area contributed by atoms with Crippen LogP contribution in [-0.4, -0.2) is 17.0 Å². The summed E-state index contributed by atoms with van der Waals surface area (Å²) >= 11 is 8.36. The number of hydrogen-bond acceptors (Lipinski definition) is 4. The number of hydrogen-bond donors (Lipinski definition) is 2. The Labute approximate surface area is 122 Å². The van der Waals surface area contributed by atoms with E-state index in [1.54, 1.807) is 17.5 Å². The smallest absolute Gasteiger partial charge is 0.338 e. The van der Waals surface area contributed by atoms with Gasteiger partial charge in [-0.25, -0.2) is 4.79 Å². The summed E-state index contributed by atoms with van der Waals surface area (Å²) in [5.74, 6) is -1.43. The summed E-state index contributed by atoms with van der Waals surface area (Å²) in [4.78, 5) is 24.4. The number of anilines is 1. The first-order chi connectivity index (χ1) is 9.02. The van der Waals surface area contributed by atoms with Crippen LogP contribution in [0.1, 0.15) is 31.8 Å². The van der Waals surface area contributed by atoms with Crippen LogP contribution in [-0.2, 0) is 6.42 Å². The molecule has 19 heavy (non-hydrogen) atoms. The number of amides is 1. The van der Waals surface area contributed by atoms with Gasteiger partial charge >= 0.3 is 5.97 Å². The van der Waals surface area contributed by atoms with Gasteiger partial charge in [-0.2, -0.15) is 0 Å². The van der Waals surface area contributed by atoms with Crippen LogP contribution in [0.4, 0.5) is 5.00 Å². The van der Waals surface area contributed by atoms with Gasteiger partial charge in [0.15, 0.2) is 0 Å². The molecule has 2 rings (SSSR count). The van der Waals surface area contributed by atoms with Crippen molar-refractivity contribution >= 4 is 51.2 Å². The molecule has 7 heteroatoms. The Bertz CT molecular complexity index is 633. The normalized spacial score (nSPS) is 10.4. The highest BCUT2D eigenvalue weighted by Crippen LogP contribution is 2.30. The molecule has 0 fully saturated rings. The maximum atomic E-state index is 12.0. The fraction of sp³-hybridized carbons (Fsp3) is 0.167. The third-order valence-electron chi connectivity index (χ3n) is 2.41. The monoisotopic (exact) mass is 315 g/mol. The fourth-order valence-corrected chi connectivity index (χ4v) is 3.50. The summed E-state index contributed by atoms with van der Waals surface area (Å²) in [6, 6.07) is 3.21. The summed E-state index contributed by atoms with van der Waals surface area (Å²) in [5.41, 5.74) is 0.114. The summed E-state index contributed by atoms with van der Waals surface area (Å²) in [7, 11) is 0. The minimum Gasteiger partial charge on any atom is -0.478 e. The molecule has 1 amide bonds. The summed E-state index contributed by atoms with van der Waals surface area (Å²) < 4.78 is 0. The third kappa shape index (κ3) is 2.97. The van der Waals surface area contributed by atoms with E-state index in [4.69, 9.17) is 16.7 Å². The third-order valence-corrected chi connectivity index (χ3v) is 4.95. The molecule has 4 nitrogen and oxygen atoms in total. The van der Waals surface area contributed by atoms with E-state index in [2.05, 4.69) is 5.32 Å². The van der Waals surface area contributed by atoms with Crippen LogP contribution in [0.2, 0.25) is 5.02 Å². The van der Waals surface area contributed by atoms with Crippen molar-refractivity contribution in [3.05, 3.63) is 37.9 Å². The van der Waals surface area contributed by atoms with E-state index in [-0.39, 0.29) is 11.5 Å². The van der Waals surface area contributed by atoms with Crippen LogP contribution in [0.15, 0.2) is 17.5 Å². The number of rotatable bonds is 4. The van der Waals surface area contributed by atoms with E-state index < -0.39 is 5.97 Å². The van der Waals surface area contributed by atoms with E-state index in [0.717, 1.165) is 11.3 Å². The Kier molecular flexibility index (Phi) is 4.24. The molecule has 0 aromatic carbocycles. The lowest BCUT2D eigenvalue weighted by molar-refractivity contribution is 0.0698. The van der Waals surface area contributed by atoms with Crippen molar-refractivity contribution in [1.29, 1.82) is 0 Å². The minimum absolute atomic E-state index is 0.114. The van der Waals surface area contributed by atoms with Gasteiger partial charge in [0, 0.05) is 4.88 Å². The Morgan fingerprint density at radius 3 is 2.74 bits per heavy atom. The average molecular weight is 316 g/mol. The standard InChI is InChI=1S/C12H10ClNO3S2/c1-2-6-5-7(12(16)17)11(19-6)14-10(15)9-8(13)3-4-18-9/h3-5H,2H2,1H3,(H,14,15)(H,16,17). The number of thiophene rings is 2. The number of aryl methyl sites for hydroxylation is 1. The molecule has 2 heterocycles. The molecule has 100 valence electrons. The zero-order valence-electron chi connectivity index (χ0n) is 9.90. The number of carbonyl (C=O) groups is 2. The molecule has 0 aliphatic rings. The van der Waals surface area contributed by atoms with E-state index in [9.17, 15) is 9.59 Å². The van der Waals surface area contributed by atoms with E-state index in [0.29, 0.717) is 14.9 Å². The molecule has 2 aromatic rings. The molecule has 2 N–H and O–H groups in total. The van der Waals surface area contributed by atoms with Gasteiger partial charge in [-0.1, -0.05) is 18.5 Å². The molecule has 0 aliphatic carbocycles. The first kappa shape index (κ1) is 14.0. The van der Waals surface area contributed by atoms with Crippen molar-refractivity contribution in [2.24, 2.45) is 0 Å². The van der Waals surface area contributed by atoms with Gasteiger partial charge in [0.2, 0.25) is 0 Å². The van der Waals surface area contributed by atoms with Crippen molar-refractivity contribution in [2.45, 2.75) is 13.3 Å². The second kappa shape index (κ2) is 5.73. The fourth-order valence-electron chi connectivity index (χ4n) is 1.48. The van der Waals surface area contributed by atoms with E-state index >= 15 is 0 Å². The highest BCUT2D eigenvalue weighted by atomic mass is 35.5. The van der Waals surface area contributed by atoms with E-state index in [1.807, 2.05) is 6.92 Å². The Morgan fingerprint density at radius 2 is 2.21 bits per heavy atom. The predicted molar refractivity (Wildman–Crippen MR) is 77.9 cm³/mol. The average Bonchev–Trinajstić information content (AvgIpc) is 2.95.